The molecule has 0 aromatic carbocycles. The van der Waals surface area contributed by atoms with Gasteiger partial charge in [-0.05, 0) is 31.6 Å². The van der Waals surface area contributed by atoms with E-state index >= 15 is 0 Å². The van der Waals surface area contributed by atoms with Crippen LogP contribution in [0, 0.1) is 5.92 Å². The zero-order chi connectivity index (χ0) is 18.4. The highest BCUT2D eigenvalue weighted by atomic mass is 16.5. The monoisotopic (exact) mass is 362 g/mol. The molecule has 1 amide bonds. The number of piperidine rings is 1. The maximum atomic E-state index is 12.2. The summed E-state index contributed by atoms with van der Waals surface area (Å²) in [6.45, 7) is 2.60. The number of rotatable bonds is 7. The van der Waals surface area contributed by atoms with Crippen LogP contribution in [0.15, 0.2) is 17.1 Å². The van der Waals surface area contributed by atoms with Gasteiger partial charge in [-0.3, -0.25) is 9.59 Å². The molecule has 2 fully saturated rings. The molecule has 1 N–H and O–H groups in total. The summed E-state index contributed by atoms with van der Waals surface area (Å²) in [5.41, 5.74) is 0.755. The molecule has 144 valence electrons. The normalized spacial score (nSPS) is 19.0. The molecule has 1 aliphatic heterocycles. The van der Waals surface area contributed by atoms with Crippen molar-refractivity contribution < 1.29 is 9.53 Å². The van der Waals surface area contributed by atoms with Crippen LogP contribution in [0.1, 0.15) is 44.9 Å². The SMILES string of the molecule is COCCn1ncc(N2CCC(NC(=O)CC3CCCC3)CC2)cc1=O. The van der Waals surface area contributed by atoms with Gasteiger partial charge in [-0.25, -0.2) is 4.68 Å². The molecule has 3 rings (SSSR count). The van der Waals surface area contributed by atoms with E-state index in [9.17, 15) is 9.59 Å². The van der Waals surface area contributed by atoms with Crippen LogP contribution in [0.25, 0.3) is 0 Å². The summed E-state index contributed by atoms with van der Waals surface area (Å²) in [5, 5.41) is 7.43. The number of hydrogen-bond acceptors (Lipinski definition) is 5. The minimum Gasteiger partial charge on any atom is -0.383 e. The predicted molar refractivity (Wildman–Crippen MR) is 100 cm³/mol. The zero-order valence-electron chi connectivity index (χ0n) is 15.7. The minimum atomic E-state index is -0.105. The largest absolute Gasteiger partial charge is 0.383 e. The number of carbonyl (C=O) groups excluding carboxylic acids is 1. The minimum absolute atomic E-state index is 0.105. The number of amides is 1. The molecule has 1 aromatic heterocycles. The van der Waals surface area contributed by atoms with E-state index in [0.29, 0.717) is 25.5 Å². The quantitative estimate of drug-likeness (QED) is 0.796. The lowest BCUT2D eigenvalue weighted by Gasteiger charge is -2.33. The maximum Gasteiger partial charge on any atom is 0.268 e. The van der Waals surface area contributed by atoms with Crippen LogP contribution in [-0.2, 0) is 16.1 Å². The molecule has 1 aliphatic carbocycles. The average Bonchev–Trinajstić information content (AvgIpc) is 3.14. The van der Waals surface area contributed by atoms with Crippen LogP contribution >= 0.6 is 0 Å². The number of methoxy groups -OCH3 is 1. The predicted octanol–water partition coefficient (Wildman–Crippen LogP) is 1.55. The van der Waals surface area contributed by atoms with Crippen molar-refractivity contribution in [1.29, 1.82) is 0 Å². The van der Waals surface area contributed by atoms with Crippen molar-refractivity contribution in [2.75, 3.05) is 31.7 Å². The third-order valence-corrected chi connectivity index (χ3v) is 5.54. The van der Waals surface area contributed by atoms with Crippen LogP contribution < -0.4 is 15.8 Å². The average molecular weight is 362 g/mol. The van der Waals surface area contributed by atoms with Crippen LogP contribution in [0.5, 0.6) is 0 Å². The Kier molecular flexibility index (Phi) is 6.66. The highest BCUT2D eigenvalue weighted by molar-refractivity contribution is 5.76. The molecule has 26 heavy (non-hydrogen) atoms. The molecule has 0 atom stereocenters. The molecule has 7 heteroatoms. The molecule has 7 nitrogen and oxygen atoms in total. The summed E-state index contributed by atoms with van der Waals surface area (Å²) < 4.78 is 6.41. The van der Waals surface area contributed by atoms with E-state index in [-0.39, 0.29) is 17.5 Å². The van der Waals surface area contributed by atoms with Gasteiger partial charge in [-0.15, -0.1) is 0 Å². The summed E-state index contributed by atoms with van der Waals surface area (Å²) in [6.07, 6.45) is 9.19. The number of ether oxygens (including phenoxy) is 1. The third kappa shape index (κ3) is 5.06. The first kappa shape index (κ1) is 18.9. The second-order valence-corrected chi connectivity index (χ2v) is 7.45. The Balaban J connectivity index is 1.46. The third-order valence-electron chi connectivity index (χ3n) is 5.54. The number of hydrogen-bond donors (Lipinski definition) is 1. The van der Waals surface area contributed by atoms with Gasteiger partial charge >= 0.3 is 0 Å². The number of nitrogens with one attached hydrogen (secondary N) is 1. The van der Waals surface area contributed by atoms with Crippen LogP contribution in [-0.4, -0.2) is 48.5 Å². The van der Waals surface area contributed by atoms with E-state index in [0.717, 1.165) is 31.6 Å². The first-order valence-electron chi connectivity index (χ1n) is 9.76. The number of carbonyl (C=O) groups is 1. The molecule has 2 heterocycles. The first-order chi connectivity index (χ1) is 12.7. The lowest BCUT2D eigenvalue weighted by molar-refractivity contribution is -0.122. The first-order valence-corrected chi connectivity index (χ1v) is 9.76. The van der Waals surface area contributed by atoms with Crippen LogP contribution in [0.2, 0.25) is 0 Å². The molecule has 0 radical (unpaired) electrons. The van der Waals surface area contributed by atoms with E-state index in [1.165, 1.54) is 30.4 Å². The topological polar surface area (TPSA) is 76.5 Å². The van der Waals surface area contributed by atoms with E-state index in [4.69, 9.17) is 4.74 Å². The van der Waals surface area contributed by atoms with Gasteiger partial charge in [0.05, 0.1) is 25.0 Å². The molecular weight excluding hydrogens is 332 g/mol. The fraction of sp³-hybridized carbons (Fsp3) is 0.737. The Bertz CT molecular complexity index is 646. The highest BCUT2D eigenvalue weighted by Crippen LogP contribution is 2.27. The smallest absolute Gasteiger partial charge is 0.268 e. The van der Waals surface area contributed by atoms with E-state index < -0.39 is 0 Å². The lowest BCUT2D eigenvalue weighted by atomic mass is 10.0. The molecule has 1 saturated carbocycles. The van der Waals surface area contributed by atoms with Crippen LogP contribution in [0.3, 0.4) is 0 Å². The van der Waals surface area contributed by atoms with Crippen molar-refractivity contribution in [3.05, 3.63) is 22.6 Å². The number of anilines is 1. The molecule has 1 aromatic rings. The van der Waals surface area contributed by atoms with E-state index in [1.807, 2.05) is 0 Å². The molecule has 1 saturated heterocycles. The van der Waals surface area contributed by atoms with Crippen molar-refractivity contribution in [3.8, 4) is 0 Å². The van der Waals surface area contributed by atoms with Gasteiger partial charge in [-0.2, -0.15) is 5.10 Å². The van der Waals surface area contributed by atoms with Gasteiger partial charge in [-0.1, -0.05) is 12.8 Å². The Hall–Kier alpha value is -1.89. The fourth-order valence-corrected chi connectivity index (χ4v) is 3.99. The fourth-order valence-electron chi connectivity index (χ4n) is 3.99. The van der Waals surface area contributed by atoms with Crippen molar-refractivity contribution in [2.24, 2.45) is 5.92 Å². The van der Waals surface area contributed by atoms with Crippen molar-refractivity contribution in [3.63, 3.8) is 0 Å². The Morgan fingerprint density at radius 1 is 1.27 bits per heavy atom. The van der Waals surface area contributed by atoms with Crippen molar-refractivity contribution >= 4 is 11.6 Å². The van der Waals surface area contributed by atoms with Gasteiger partial charge < -0.3 is 15.0 Å². The summed E-state index contributed by atoms with van der Waals surface area (Å²) >= 11 is 0. The van der Waals surface area contributed by atoms with Gasteiger partial charge in [0, 0.05) is 38.7 Å². The maximum absolute atomic E-state index is 12.2. The van der Waals surface area contributed by atoms with Gasteiger partial charge in [0.25, 0.3) is 5.56 Å². The number of aromatic nitrogens is 2. The summed E-state index contributed by atoms with van der Waals surface area (Å²) in [7, 11) is 1.61. The second-order valence-electron chi connectivity index (χ2n) is 7.45. The van der Waals surface area contributed by atoms with E-state index in [2.05, 4.69) is 15.3 Å². The highest BCUT2D eigenvalue weighted by Gasteiger charge is 2.24. The molecule has 0 spiro atoms. The zero-order valence-corrected chi connectivity index (χ0v) is 15.7. The lowest BCUT2D eigenvalue weighted by Crippen LogP contribution is -2.45. The summed E-state index contributed by atoms with van der Waals surface area (Å²) in [4.78, 5) is 26.5. The Labute approximate surface area is 154 Å². The molecule has 0 bridgehead atoms. The summed E-state index contributed by atoms with van der Waals surface area (Å²) in [6, 6.07) is 1.89. The summed E-state index contributed by atoms with van der Waals surface area (Å²) in [5.74, 6) is 0.795. The molecular formula is C19H30N4O3. The van der Waals surface area contributed by atoms with Crippen molar-refractivity contribution in [1.82, 2.24) is 15.1 Å². The van der Waals surface area contributed by atoms with Crippen molar-refractivity contribution in [2.45, 2.75) is 57.5 Å². The molecule has 2 aliphatic rings. The number of nitrogens with zero attached hydrogens (tertiary/aromatic N) is 3. The second kappa shape index (κ2) is 9.16. The van der Waals surface area contributed by atoms with Gasteiger partial charge in [0.1, 0.15) is 0 Å². The van der Waals surface area contributed by atoms with Crippen LogP contribution in [0.4, 0.5) is 5.69 Å². The van der Waals surface area contributed by atoms with Gasteiger partial charge in [0.15, 0.2) is 0 Å². The standard InChI is InChI=1S/C19H30N4O3/c1-26-11-10-23-19(25)13-17(14-20-23)22-8-6-16(7-9-22)21-18(24)12-15-4-2-3-5-15/h13-16H,2-12H2,1H3,(H,21,24). The molecule has 0 unspecified atom stereocenters. The van der Waals surface area contributed by atoms with Gasteiger partial charge in [0.2, 0.25) is 5.91 Å². The Morgan fingerprint density at radius 2 is 2.00 bits per heavy atom. The van der Waals surface area contributed by atoms with E-state index in [1.54, 1.807) is 19.4 Å². The Morgan fingerprint density at radius 3 is 2.65 bits per heavy atom.